The molecule has 10 heteroatoms. The lowest BCUT2D eigenvalue weighted by Crippen LogP contribution is -2.45. The molecule has 1 saturated heterocycles. The summed E-state index contributed by atoms with van der Waals surface area (Å²) in [5, 5.41) is 11.6. The van der Waals surface area contributed by atoms with E-state index in [2.05, 4.69) is 74.5 Å². The Morgan fingerprint density at radius 1 is 1.00 bits per heavy atom. The fourth-order valence-corrected chi connectivity index (χ4v) is 13.8. The quantitative estimate of drug-likeness (QED) is 0.0456. The molecule has 10 atom stereocenters. The second kappa shape index (κ2) is 21.5. The molecule has 1 N–H and O–H groups in total. The summed E-state index contributed by atoms with van der Waals surface area (Å²) in [4.78, 5) is 25.7. The van der Waals surface area contributed by atoms with E-state index < -0.39 is 46.5 Å². The third-order valence-corrected chi connectivity index (χ3v) is 21.6. The summed E-state index contributed by atoms with van der Waals surface area (Å²) in [7, 11) is -3.74. The zero-order valence-corrected chi connectivity index (χ0v) is 37.2. The number of aliphatic hydroxyl groups is 1. The van der Waals surface area contributed by atoms with E-state index in [0.29, 0.717) is 24.7 Å². The molecule has 0 aliphatic carbocycles. The van der Waals surface area contributed by atoms with Gasteiger partial charge < -0.3 is 28.2 Å². The minimum absolute atomic E-state index is 0.111. The van der Waals surface area contributed by atoms with Crippen LogP contribution in [0.1, 0.15) is 122 Å². The van der Waals surface area contributed by atoms with Gasteiger partial charge in [-0.1, -0.05) is 93.5 Å². The van der Waals surface area contributed by atoms with E-state index in [9.17, 15) is 14.7 Å². The Bertz CT molecular complexity index is 1170. The van der Waals surface area contributed by atoms with Crippen LogP contribution in [0.15, 0.2) is 36.0 Å². The molecule has 0 aromatic carbocycles. The number of esters is 2. The predicted octanol–water partition coefficient (Wildman–Crippen LogP) is 10.1. The van der Waals surface area contributed by atoms with Crippen molar-refractivity contribution in [2.75, 3.05) is 0 Å². The fraction of sp³-hybridized carbons (Fsp3) is 0.810. The van der Waals surface area contributed by atoms with Gasteiger partial charge in [0, 0.05) is 24.9 Å². The van der Waals surface area contributed by atoms with Crippen LogP contribution in [0.2, 0.25) is 36.3 Å². The first kappa shape index (κ1) is 46.6. The van der Waals surface area contributed by atoms with Crippen molar-refractivity contribution < 1.29 is 37.8 Å². The number of carbonyl (C=O) groups excluding carboxylic acids is 2. The molecule has 2 aliphatic rings. The van der Waals surface area contributed by atoms with Gasteiger partial charge in [0.1, 0.15) is 17.8 Å². The van der Waals surface area contributed by atoms with E-state index in [1.165, 1.54) is 6.92 Å². The number of hydrogen-bond donors (Lipinski definition) is 1. The Balaban J connectivity index is 2.23. The fourth-order valence-electron chi connectivity index (χ4n) is 7.91. The monoisotopic (exact) mass is 765 g/mol. The highest BCUT2D eigenvalue weighted by atomic mass is 28.4. The maximum absolute atomic E-state index is 13.6. The van der Waals surface area contributed by atoms with E-state index in [-0.39, 0.29) is 36.6 Å². The number of cyclic esters (lactones) is 1. The Kier molecular flexibility index (Phi) is 19.3. The molecule has 0 amide bonds. The van der Waals surface area contributed by atoms with Gasteiger partial charge in [-0.15, -0.1) is 0 Å². The molecular formula is C42H76O8Si2. The van der Waals surface area contributed by atoms with Gasteiger partial charge in [-0.05, 0) is 93.4 Å². The Morgan fingerprint density at radius 3 is 2.13 bits per heavy atom. The minimum Gasteiger partial charge on any atom is -0.457 e. The topological polar surface area (TPSA) is 104 Å². The highest BCUT2D eigenvalue weighted by Gasteiger charge is 2.47. The molecule has 0 aromatic rings. The smallest absolute Gasteiger partial charge is 0.308 e. The first-order valence-corrected chi connectivity index (χ1v) is 25.7. The Morgan fingerprint density at radius 2 is 1.60 bits per heavy atom. The van der Waals surface area contributed by atoms with Crippen molar-refractivity contribution in [1.29, 1.82) is 0 Å². The molecule has 0 spiro atoms. The van der Waals surface area contributed by atoms with E-state index in [0.717, 1.165) is 54.7 Å². The second-order valence-electron chi connectivity index (χ2n) is 16.1. The zero-order valence-electron chi connectivity index (χ0n) is 35.2. The van der Waals surface area contributed by atoms with Crippen molar-refractivity contribution in [1.82, 2.24) is 0 Å². The summed E-state index contributed by atoms with van der Waals surface area (Å²) >= 11 is 0. The van der Waals surface area contributed by atoms with Gasteiger partial charge in [-0.3, -0.25) is 9.59 Å². The molecule has 2 aliphatic heterocycles. The van der Waals surface area contributed by atoms with Gasteiger partial charge in [0.15, 0.2) is 16.6 Å². The van der Waals surface area contributed by atoms with Gasteiger partial charge in [0.05, 0.1) is 24.7 Å². The lowest BCUT2D eigenvalue weighted by molar-refractivity contribution is -0.157. The van der Waals surface area contributed by atoms with Crippen molar-refractivity contribution in [3.05, 3.63) is 36.0 Å². The van der Waals surface area contributed by atoms with Crippen LogP contribution in [-0.2, 0) is 32.7 Å². The van der Waals surface area contributed by atoms with Crippen molar-refractivity contribution in [3.8, 4) is 0 Å². The molecular weight excluding hydrogens is 689 g/mol. The number of carbonyl (C=O) groups is 2. The number of allylic oxidation sites excluding steroid dienone is 3. The molecule has 0 unspecified atom stereocenters. The molecule has 1 fully saturated rings. The zero-order chi connectivity index (χ0) is 39.3. The molecule has 2 rings (SSSR count). The van der Waals surface area contributed by atoms with Gasteiger partial charge in [0.25, 0.3) is 0 Å². The first-order valence-electron chi connectivity index (χ1n) is 20.6. The van der Waals surface area contributed by atoms with Crippen LogP contribution in [0.25, 0.3) is 0 Å². The van der Waals surface area contributed by atoms with Crippen molar-refractivity contribution in [2.45, 2.75) is 201 Å². The molecule has 8 nitrogen and oxygen atoms in total. The Hall–Kier alpha value is -1.57. The summed E-state index contributed by atoms with van der Waals surface area (Å²) in [6, 6.07) is 6.33. The summed E-state index contributed by atoms with van der Waals surface area (Å²) in [6.07, 6.45) is 11.7. The number of hydrogen-bond acceptors (Lipinski definition) is 8. The Labute approximate surface area is 319 Å². The highest BCUT2D eigenvalue weighted by Crippen LogP contribution is 2.39. The summed E-state index contributed by atoms with van der Waals surface area (Å²) in [5.41, 5.74) is -0.425. The van der Waals surface area contributed by atoms with Gasteiger partial charge >= 0.3 is 11.9 Å². The third-order valence-electron chi connectivity index (χ3n) is 12.3. The van der Waals surface area contributed by atoms with Crippen molar-refractivity contribution in [2.24, 2.45) is 17.8 Å². The molecule has 52 heavy (non-hydrogen) atoms. The van der Waals surface area contributed by atoms with Crippen LogP contribution in [0, 0.1) is 17.8 Å². The van der Waals surface area contributed by atoms with Crippen LogP contribution >= 0.6 is 0 Å². The van der Waals surface area contributed by atoms with E-state index in [4.69, 9.17) is 23.1 Å². The standard InChI is InChI=1S/C42H76O8Si2/c1-14-36(50-52(18-5,19-6)20-7)33(11)41-37(47-41)28-30(8)22-21-23-31(9)40-32(10)24-25-38(46-34(12)43)42(13,45)27-26-35(29-39(44)48-40)49-51(15-2,16-3)17-4/h21-25,30,32-33,35-38,40-41,45H,14-20,26-29H2,1-13H3/b22-21+,25-24+,31-23+/t30-,32+,33-,35-,36+,37-,38+,40-,41-,42-/m1/s1. The van der Waals surface area contributed by atoms with Crippen LogP contribution in [0.4, 0.5) is 0 Å². The SMILES string of the molecule is CC[C@H](O[Si](CC)(CC)CC)[C@@H](C)[C@H]1O[C@@H]1C[C@H](C)/C=C/C=C(\C)[C@H]1OC(=O)C[C@H](O[Si](CC)(CC)CC)CC[C@@](C)(O)[C@@H](OC(C)=O)/C=C/[C@@H]1C. The molecule has 0 aromatic heterocycles. The number of ether oxygens (including phenoxy) is 3. The van der Waals surface area contributed by atoms with E-state index in [1.807, 2.05) is 26.0 Å². The van der Waals surface area contributed by atoms with Crippen LogP contribution in [0.5, 0.6) is 0 Å². The van der Waals surface area contributed by atoms with E-state index in [1.54, 1.807) is 13.0 Å². The van der Waals surface area contributed by atoms with Gasteiger partial charge in [0.2, 0.25) is 0 Å². The molecule has 2 heterocycles. The molecule has 0 bridgehead atoms. The molecule has 0 radical (unpaired) electrons. The van der Waals surface area contributed by atoms with Crippen LogP contribution < -0.4 is 0 Å². The average molecular weight is 765 g/mol. The van der Waals surface area contributed by atoms with Crippen molar-refractivity contribution in [3.63, 3.8) is 0 Å². The summed E-state index contributed by atoms with van der Waals surface area (Å²) in [6.45, 7) is 27.1. The normalized spacial score (nSPS) is 30.5. The summed E-state index contributed by atoms with van der Waals surface area (Å²) in [5.74, 6) is -0.322. The van der Waals surface area contributed by atoms with Crippen LogP contribution in [0.3, 0.4) is 0 Å². The third kappa shape index (κ3) is 13.6. The number of epoxide rings is 1. The maximum Gasteiger partial charge on any atom is 0.308 e. The molecule has 0 saturated carbocycles. The number of rotatable bonds is 19. The predicted molar refractivity (Wildman–Crippen MR) is 217 cm³/mol. The maximum atomic E-state index is 13.6. The largest absolute Gasteiger partial charge is 0.457 e. The highest BCUT2D eigenvalue weighted by molar-refractivity contribution is 6.74. The second-order valence-corrected chi connectivity index (χ2v) is 25.5. The van der Waals surface area contributed by atoms with Crippen LogP contribution in [-0.4, -0.2) is 75.9 Å². The lowest BCUT2D eigenvalue weighted by Gasteiger charge is -2.36. The lowest BCUT2D eigenvalue weighted by atomic mass is 9.88. The summed E-state index contributed by atoms with van der Waals surface area (Å²) < 4.78 is 31.8. The first-order chi connectivity index (χ1) is 24.5. The van der Waals surface area contributed by atoms with Gasteiger partial charge in [-0.2, -0.15) is 0 Å². The molecule has 300 valence electrons. The average Bonchev–Trinajstić information content (AvgIpc) is 3.88. The van der Waals surface area contributed by atoms with Crippen molar-refractivity contribution >= 4 is 28.6 Å². The minimum atomic E-state index is -2.06. The van der Waals surface area contributed by atoms with Gasteiger partial charge in [-0.25, -0.2) is 0 Å². The van der Waals surface area contributed by atoms with E-state index >= 15 is 0 Å².